The summed E-state index contributed by atoms with van der Waals surface area (Å²) in [6, 6.07) is 14.3. The minimum atomic E-state index is -2.64. The summed E-state index contributed by atoms with van der Waals surface area (Å²) in [6.07, 6.45) is 0.623. The van der Waals surface area contributed by atoms with E-state index in [-0.39, 0.29) is 22.8 Å². The Kier molecular flexibility index (Phi) is 7.34. The molecule has 2 aromatic carbocycles. The molecule has 0 heterocycles. The van der Waals surface area contributed by atoms with Crippen LogP contribution in [0.5, 0.6) is 11.5 Å². The monoisotopic (exact) mass is 376 g/mol. The van der Waals surface area contributed by atoms with Crippen LogP contribution >= 0.6 is 0 Å². The molecule has 6 nitrogen and oxygen atoms in total. The highest BCUT2D eigenvalue weighted by atomic mass is 28.4. The van der Waals surface area contributed by atoms with Gasteiger partial charge in [0.1, 0.15) is 0 Å². The molecular formula is C19H24O6Si. The third-order valence-electron chi connectivity index (χ3n) is 4.10. The molecular weight excluding hydrogens is 352 g/mol. The van der Waals surface area contributed by atoms with Gasteiger partial charge in [-0.1, -0.05) is 36.4 Å². The molecule has 2 aromatic rings. The van der Waals surface area contributed by atoms with Gasteiger partial charge in [0, 0.05) is 32.9 Å². The van der Waals surface area contributed by atoms with Crippen molar-refractivity contribution in [1.82, 2.24) is 0 Å². The lowest BCUT2D eigenvalue weighted by Gasteiger charge is -2.24. The first kappa shape index (κ1) is 20.1. The van der Waals surface area contributed by atoms with Gasteiger partial charge in [0.25, 0.3) is 0 Å². The lowest BCUT2D eigenvalue weighted by molar-refractivity contribution is 0.103. The van der Waals surface area contributed by atoms with Crippen LogP contribution in [0.1, 0.15) is 22.3 Å². The maximum Gasteiger partial charge on any atom is 0.500 e. The zero-order valence-corrected chi connectivity index (χ0v) is 16.2. The Labute approximate surface area is 154 Å². The van der Waals surface area contributed by atoms with Crippen molar-refractivity contribution >= 4 is 14.6 Å². The van der Waals surface area contributed by atoms with Crippen LogP contribution in [0.15, 0.2) is 48.5 Å². The molecule has 0 bridgehead atoms. The van der Waals surface area contributed by atoms with Crippen molar-refractivity contribution in [3.05, 3.63) is 59.7 Å². The Morgan fingerprint density at radius 2 is 1.62 bits per heavy atom. The summed E-state index contributed by atoms with van der Waals surface area (Å²) >= 11 is 0. The molecule has 0 aromatic heterocycles. The average molecular weight is 376 g/mol. The predicted molar refractivity (Wildman–Crippen MR) is 99.7 cm³/mol. The molecule has 7 heteroatoms. The van der Waals surface area contributed by atoms with Crippen LogP contribution in [0.4, 0.5) is 0 Å². The number of phenolic OH excluding ortho intramolecular Hbond substituents is 1. The molecule has 1 N–H and O–H groups in total. The molecule has 0 amide bonds. The van der Waals surface area contributed by atoms with E-state index in [1.807, 2.05) is 6.07 Å². The normalized spacial score (nSPS) is 11.3. The number of phenols is 1. The first-order chi connectivity index (χ1) is 12.6. The number of hydrogen-bond donors (Lipinski definition) is 1. The second-order valence-electron chi connectivity index (χ2n) is 5.59. The average Bonchev–Trinajstić information content (AvgIpc) is 2.70. The highest BCUT2D eigenvalue weighted by molar-refractivity contribution is 6.60. The van der Waals surface area contributed by atoms with Crippen molar-refractivity contribution < 1.29 is 27.9 Å². The van der Waals surface area contributed by atoms with E-state index in [2.05, 4.69) is 0 Å². The summed E-state index contributed by atoms with van der Waals surface area (Å²) in [7, 11) is 2.04. The van der Waals surface area contributed by atoms with Gasteiger partial charge in [-0.05, 0) is 18.6 Å². The largest absolute Gasteiger partial charge is 0.504 e. The van der Waals surface area contributed by atoms with Gasteiger partial charge < -0.3 is 23.1 Å². The predicted octanol–water partition coefficient (Wildman–Crippen LogP) is 3.27. The summed E-state index contributed by atoms with van der Waals surface area (Å²) in [5.74, 6) is -0.139. The van der Waals surface area contributed by atoms with Gasteiger partial charge in [0.2, 0.25) is 0 Å². The third-order valence-corrected chi connectivity index (χ3v) is 6.93. The Morgan fingerprint density at radius 1 is 0.962 bits per heavy atom. The highest BCUT2D eigenvalue weighted by Gasteiger charge is 2.37. The van der Waals surface area contributed by atoms with Crippen LogP contribution in [-0.2, 0) is 13.3 Å². The number of rotatable bonds is 10. The van der Waals surface area contributed by atoms with E-state index in [0.717, 1.165) is 0 Å². The third kappa shape index (κ3) is 4.70. The Bertz CT molecular complexity index is 707. The number of aromatic hydroxyl groups is 1. The van der Waals surface area contributed by atoms with E-state index in [1.165, 1.54) is 0 Å². The Morgan fingerprint density at radius 3 is 2.23 bits per heavy atom. The second kappa shape index (κ2) is 9.49. The van der Waals surface area contributed by atoms with Gasteiger partial charge in [-0.15, -0.1) is 0 Å². The molecule has 0 aliphatic rings. The van der Waals surface area contributed by atoms with Gasteiger partial charge >= 0.3 is 8.80 Å². The standard InChI is InChI=1S/C19H24O6Si/c1-22-26(23-2,24-3)14-8-13-25-17-12-7-11-16(19(17)21)18(20)15-9-5-4-6-10-15/h4-7,9-12,21H,8,13-14H2,1-3H3. The summed E-state index contributed by atoms with van der Waals surface area (Å²) in [4.78, 5) is 12.5. The fourth-order valence-electron chi connectivity index (χ4n) is 2.59. The number of carbonyl (C=O) groups excluding carboxylic acids is 1. The van der Waals surface area contributed by atoms with Gasteiger partial charge in [-0.2, -0.15) is 0 Å². The van der Waals surface area contributed by atoms with E-state index in [9.17, 15) is 9.90 Å². The van der Waals surface area contributed by atoms with Crippen LogP contribution in [0, 0.1) is 0 Å². The molecule has 0 spiro atoms. The number of hydrogen-bond acceptors (Lipinski definition) is 6. The molecule has 0 aliphatic carbocycles. The van der Waals surface area contributed by atoms with E-state index in [4.69, 9.17) is 18.0 Å². The van der Waals surface area contributed by atoms with Crippen molar-refractivity contribution in [2.75, 3.05) is 27.9 Å². The topological polar surface area (TPSA) is 74.2 Å². The van der Waals surface area contributed by atoms with Crippen LogP contribution in [0.25, 0.3) is 0 Å². The maximum atomic E-state index is 12.5. The van der Waals surface area contributed by atoms with Crippen molar-refractivity contribution in [2.45, 2.75) is 12.5 Å². The van der Waals surface area contributed by atoms with Crippen LogP contribution in [-0.4, -0.2) is 47.6 Å². The summed E-state index contributed by atoms with van der Waals surface area (Å²) in [5, 5.41) is 10.4. The fraction of sp³-hybridized carbons (Fsp3) is 0.316. The van der Waals surface area contributed by atoms with E-state index < -0.39 is 8.80 Å². The molecule has 26 heavy (non-hydrogen) atoms. The molecule has 0 unspecified atom stereocenters. The Balaban J connectivity index is 2.02. The van der Waals surface area contributed by atoms with Gasteiger partial charge in [0.05, 0.1) is 12.2 Å². The van der Waals surface area contributed by atoms with E-state index >= 15 is 0 Å². The van der Waals surface area contributed by atoms with Crippen molar-refractivity contribution in [3.63, 3.8) is 0 Å². The minimum Gasteiger partial charge on any atom is -0.504 e. The fourth-order valence-corrected chi connectivity index (χ4v) is 4.28. The summed E-state index contributed by atoms with van der Waals surface area (Å²) < 4.78 is 21.7. The molecule has 140 valence electrons. The lowest BCUT2D eigenvalue weighted by Crippen LogP contribution is -2.42. The number of para-hydroxylation sites is 1. The second-order valence-corrected chi connectivity index (χ2v) is 8.69. The molecule has 0 atom stereocenters. The number of ketones is 1. The molecule has 0 aliphatic heterocycles. The molecule has 2 rings (SSSR count). The maximum absolute atomic E-state index is 12.5. The van der Waals surface area contributed by atoms with Crippen molar-refractivity contribution in [1.29, 1.82) is 0 Å². The molecule has 0 fully saturated rings. The quantitative estimate of drug-likeness (QED) is 0.390. The minimum absolute atomic E-state index is 0.157. The first-order valence-electron chi connectivity index (χ1n) is 8.27. The van der Waals surface area contributed by atoms with Crippen LogP contribution in [0.2, 0.25) is 6.04 Å². The van der Waals surface area contributed by atoms with Crippen LogP contribution in [0.3, 0.4) is 0 Å². The molecule has 0 saturated carbocycles. The van der Waals surface area contributed by atoms with E-state index in [0.29, 0.717) is 24.6 Å². The van der Waals surface area contributed by atoms with Gasteiger partial charge in [-0.25, -0.2) is 0 Å². The zero-order valence-electron chi connectivity index (χ0n) is 15.2. The highest BCUT2D eigenvalue weighted by Crippen LogP contribution is 2.31. The Hall–Kier alpha value is -2.19. The molecule has 0 radical (unpaired) electrons. The smallest absolute Gasteiger partial charge is 0.500 e. The van der Waals surface area contributed by atoms with Gasteiger partial charge in [0.15, 0.2) is 17.3 Å². The summed E-state index contributed by atoms with van der Waals surface area (Å²) in [6.45, 7) is 0.335. The lowest BCUT2D eigenvalue weighted by atomic mass is 10.0. The van der Waals surface area contributed by atoms with Crippen molar-refractivity contribution in [2.24, 2.45) is 0 Å². The molecule has 0 saturated heterocycles. The van der Waals surface area contributed by atoms with Crippen LogP contribution < -0.4 is 4.74 Å². The number of benzene rings is 2. The van der Waals surface area contributed by atoms with Crippen molar-refractivity contribution in [3.8, 4) is 11.5 Å². The van der Waals surface area contributed by atoms with E-state index in [1.54, 1.807) is 63.8 Å². The number of ether oxygens (including phenoxy) is 1. The summed E-state index contributed by atoms with van der Waals surface area (Å²) in [5.41, 5.74) is 0.721. The van der Waals surface area contributed by atoms with Gasteiger partial charge in [-0.3, -0.25) is 4.79 Å². The SMILES string of the molecule is CO[Si](CCCOc1cccc(C(=O)c2ccccc2)c1O)(OC)OC. The number of carbonyl (C=O) groups is 1. The zero-order chi connectivity index (χ0) is 19.0. The first-order valence-corrected chi connectivity index (χ1v) is 10.2.